The van der Waals surface area contributed by atoms with E-state index < -0.39 is 26.1 Å². The summed E-state index contributed by atoms with van der Waals surface area (Å²) in [6, 6.07) is 2.52. The number of hydrogen-bond donors (Lipinski definition) is 0. The summed E-state index contributed by atoms with van der Waals surface area (Å²) in [6.07, 6.45) is -4.93. The highest BCUT2D eigenvalue weighted by Crippen LogP contribution is 2.30. The van der Waals surface area contributed by atoms with Crippen molar-refractivity contribution in [1.29, 1.82) is 0 Å². The molecule has 0 aromatic heterocycles. The summed E-state index contributed by atoms with van der Waals surface area (Å²) in [6.45, 7) is 0. The molecule has 17 heavy (non-hydrogen) atoms. The number of alkyl halides is 3. The molecule has 1 aromatic carbocycles. The van der Waals surface area contributed by atoms with Gasteiger partial charge in [-0.05, 0) is 0 Å². The molecule has 0 aliphatic heterocycles. The van der Waals surface area contributed by atoms with E-state index >= 15 is 0 Å². The van der Waals surface area contributed by atoms with Crippen LogP contribution in [0.3, 0.4) is 0 Å². The predicted molar refractivity (Wildman–Crippen MR) is 52.7 cm³/mol. The Hall–Kier alpha value is -1.15. The highest BCUT2D eigenvalue weighted by Gasteiger charge is 2.31. The van der Waals surface area contributed by atoms with E-state index in [4.69, 9.17) is 10.7 Å². The lowest BCUT2D eigenvalue weighted by molar-refractivity contribution is -0.274. The molecule has 0 heterocycles. The van der Waals surface area contributed by atoms with Crippen LogP contribution in [0.2, 0.25) is 0 Å². The molecule has 0 saturated carbocycles. The molecule has 0 amide bonds. The van der Waals surface area contributed by atoms with Gasteiger partial charge < -0.3 is 9.47 Å². The minimum atomic E-state index is -4.93. The van der Waals surface area contributed by atoms with Crippen molar-refractivity contribution >= 4 is 19.7 Å². The van der Waals surface area contributed by atoms with E-state index in [9.17, 15) is 21.6 Å². The maximum atomic E-state index is 12.0. The first-order chi connectivity index (χ1) is 7.62. The van der Waals surface area contributed by atoms with Gasteiger partial charge in [0.2, 0.25) is 0 Å². The molecule has 0 spiro atoms. The topological polar surface area (TPSA) is 52.6 Å². The van der Waals surface area contributed by atoms with Crippen LogP contribution in [0.4, 0.5) is 13.2 Å². The van der Waals surface area contributed by atoms with Crippen LogP contribution < -0.4 is 9.47 Å². The highest BCUT2D eigenvalue weighted by atomic mass is 35.7. The average Bonchev–Trinajstić information content (AvgIpc) is 2.13. The van der Waals surface area contributed by atoms with Crippen molar-refractivity contribution in [2.75, 3.05) is 7.11 Å². The Morgan fingerprint density at radius 2 is 1.71 bits per heavy atom. The van der Waals surface area contributed by atoms with Crippen LogP contribution in [0.1, 0.15) is 0 Å². The first kappa shape index (κ1) is 13.9. The van der Waals surface area contributed by atoms with E-state index in [1.54, 1.807) is 0 Å². The molecule has 0 aliphatic rings. The summed E-state index contributed by atoms with van der Waals surface area (Å²) in [7, 11) is 2.01. The van der Waals surface area contributed by atoms with Crippen LogP contribution in [0, 0.1) is 0 Å². The van der Waals surface area contributed by atoms with Crippen molar-refractivity contribution in [3.63, 3.8) is 0 Å². The first-order valence-corrected chi connectivity index (χ1v) is 6.32. The van der Waals surface area contributed by atoms with Gasteiger partial charge in [-0.15, -0.1) is 13.2 Å². The molecule has 0 aliphatic carbocycles. The summed E-state index contributed by atoms with van der Waals surface area (Å²) in [5.41, 5.74) is 0. The van der Waals surface area contributed by atoms with E-state index in [1.807, 2.05) is 0 Å². The van der Waals surface area contributed by atoms with Crippen LogP contribution in [-0.2, 0) is 9.05 Å². The summed E-state index contributed by atoms with van der Waals surface area (Å²) < 4.78 is 66.1. The standard InChI is InChI=1S/C8H6ClF3O4S/c1-15-5-2-6(16-8(10,11)12)4-7(3-5)17(9,13)14/h2-4H,1H3. The SMILES string of the molecule is COc1cc(OC(F)(F)F)cc(S(=O)(=O)Cl)c1. The molecule has 0 saturated heterocycles. The molecule has 9 heteroatoms. The maximum Gasteiger partial charge on any atom is 0.573 e. The van der Waals surface area contributed by atoms with Gasteiger partial charge >= 0.3 is 6.36 Å². The third-order valence-electron chi connectivity index (χ3n) is 1.60. The van der Waals surface area contributed by atoms with Crippen LogP contribution >= 0.6 is 10.7 Å². The normalized spacial score (nSPS) is 12.3. The Bertz CT molecular complexity index is 512. The van der Waals surface area contributed by atoms with Gasteiger partial charge in [0.15, 0.2) is 0 Å². The number of benzene rings is 1. The molecule has 0 N–H and O–H groups in total. The van der Waals surface area contributed by atoms with E-state index in [2.05, 4.69) is 9.47 Å². The fourth-order valence-electron chi connectivity index (χ4n) is 0.997. The highest BCUT2D eigenvalue weighted by molar-refractivity contribution is 8.13. The van der Waals surface area contributed by atoms with Crippen LogP contribution in [0.25, 0.3) is 0 Å². The number of rotatable bonds is 3. The number of methoxy groups -OCH3 is 1. The van der Waals surface area contributed by atoms with Crippen molar-refractivity contribution in [3.05, 3.63) is 18.2 Å². The number of ether oxygens (including phenoxy) is 2. The van der Waals surface area contributed by atoms with Crippen LogP contribution in [0.15, 0.2) is 23.1 Å². The zero-order valence-corrected chi connectivity index (χ0v) is 9.86. The van der Waals surface area contributed by atoms with Gasteiger partial charge in [-0.3, -0.25) is 0 Å². The van der Waals surface area contributed by atoms with Crippen molar-refractivity contribution in [2.24, 2.45) is 0 Å². The molecule has 96 valence electrons. The van der Waals surface area contributed by atoms with Crippen molar-refractivity contribution < 1.29 is 31.1 Å². The quantitative estimate of drug-likeness (QED) is 0.803. The second-order valence-corrected chi connectivity index (χ2v) is 5.40. The van der Waals surface area contributed by atoms with E-state index in [0.29, 0.717) is 6.07 Å². The van der Waals surface area contributed by atoms with Gasteiger partial charge in [0, 0.05) is 28.9 Å². The summed E-state index contributed by atoms with van der Waals surface area (Å²) in [5.74, 6) is -0.845. The van der Waals surface area contributed by atoms with Crippen molar-refractivity contribution in [1.82, 2.24) is 0 Å². The molecule has 0 radical (unpaired) electrons. The smallest absolute Gasteiger partial charge is 0.497 e. The van der Waals surface area contributed by atoms with E-state index in [-0.39, 0.29) is 5.75 Å². The molecular weight excluding hydrogens is 285 g/mol. The Morgan fingerprint density at radius 3 is 2.12 bits per heavy atom. The lowest BCUT2D eigenvalue weighted by atomic mass is 10.3. The average molecular weight is 291 g/mol. The van der Waals surface area contributed by atoms with Crippen LogP contribution in [0.5, 0.6) is 11.5 Å². The van der Waals surface area contributed by atoms with Gasteiger partial charge in [0.05, 0.1) is 12.0 Å². The largest absolute Gasteiger partial charge is 0.573 e. The second-order valence-electron chi connectivity index (χ2n) is 2.83. The van der Waals surface area contributed by atoms with Gasteiger partial charge in [0.1, 0.15) is 11.5 Å². The van der Waals surface area contributed by atoms with Crippen molar-refractivity contribution in [3.8, 4) is 11.5 Å². The molecule has 4 nitrogen and oxygen atoms in total. The molecule has 0 fully saturated rings. The zero-order chi connectivity index (χ0) is 13.3. The lowest BCUT2D eigenvalue weighted by Gasteiger charge is -2.11. The molecule has 0 atom stereocenters. The Kier molecular flexibility index (Phi) is 3.78. The van der Waals surface area contributed by atoms with Crippen LogP contribution in [-0.4, -0.2) is 21.9 Å². The molecule has 0 bridgehead atoms. The Balaban J connectivity index is 3.24. The summed E-state index contributed by atoms with van der Waals surface area (Å²) in [4.78, 5) is -0.544. The number of halogens is 4. The first-order valence-electron chi connectivity index (χ1n) is 4.01. The van der Waals surface area contributed by atoms with E-state index in [0.717, 1.165) is 19.2 Å². The van der Waals surface area contributed by atoms with Gasteiger partial charge in [-0.2, -0.15) is 0 Å². The number of hydrogen-bond acceptors (Lipinski definition) is 4. The summed E-state index contributed by atoms with van der Waals surface area (Å²) in [5, 5.41) is 0. The van der Waals surface area contributed by atoms with Gasteiger partial charge in [0.25, 0.3) is 9.05 Å². The van der Waals surface area contributed by atoms with Crippen molar-refractivity contribution in [2.45, 2.75) is 11.3 Å². The minimum Gasteiger partial charge on any atom is -0.497 e. The molecular formula is C8H6ClF3O4S. The minimum absolute atomic E-state index is 0.119. The van der Waals surface area contributed by atoms with E-state index in [1.165, 1.54) is 0 Å². The Morgan fingerprint density at radius 1 is 1.18 bits per heavy atom. The molecule has 1 aromatic rings. The molecule has 0 unspecified atom stereocenters. The Labute approximate surface area is 99.3 Å². The zero-order valence-electron chi connectivity index (χ0n) is 8.29. The second kappa shape index (κ2) is 4.61. The fraction of sp³-hybridized carbons (Fsp3) is 0.250. The van der Waals surface area contributed by atoms with Gasteiger partial charge in [-0.25, -0.2) is 8.42 Å². The maximum absolute atomic E-state index is 12.0. The third-order valence-corrected chi connectivity index (χ3v) is 2.94. The summed E-state index contributed by atoms with van der Waals surface area (Å²) >= 11 is 0. The predicted octanol–water partition coefficient (Wildman–Crippen LogP) is 2.52. The third kappa shape index (κ3) is 4.31. The monoisotopic (exact) mass is 290 g/mol. The lowest BCUT2D eigenvalue weighted by Crippen LogP contribution is -2.17. The fourth-order valence-corrected chi connectivity index (χ4v) is 1.78. The molecule has 1 rings (SSSR count). The van der Waals surface area contributed by atoms with Gasteiger partial charge in [-0.1, -0.05) is 0 Å².